The lowest BCUT2D eigenvalue weighted by Gasteiger charge is -2.18. The number of aliphatic carboxylic acids is 1. The summed E-state index contributed by atoms with van der Waals surface area (Å²) in [6.07, 6.45) is 0.0107. The summed E-state index contributed by atoms with van der Waals surface area (Å²) in [5, 5.41) is 11.4. The molecule has 1 saturated carbocycles. The highest BCUT2D eigenvalue weighted by atomic mass is 19.1. The fourth-order valence-corrected chi connectivity index (χ4v) is 1.63. The Morgan fingerprint density at radius 3 is 2.42 bits per heavy atom. The van der Waals surface area contributed by atoms with Crippen molar-refractivity contribution in [2.45, 2.75) is 31.4 Å². The Morgan fingerprint density at radius 2 is 1.95 bits per heavy atom. The molecule has 5 nitrogen and oxygen atoms in total. The Kier molecular flexibility index (Phi) is 3.42. The summed E-state index contributed by atoms with van der Waals surface area (Å²) in [6, 6.07) is 5.26. The number of carboxylic acid groups (broad SMARTS) is 1. The molecule has 1 aliphatic rings. The van der Waals surface area contributed by atoms with E-state index in [1.165, 1.54) is 31.2 Å². The van der Waals surface area contributed by atoms with Crippen LogP contribution < -0.4 is 10.1 Å². The van der Waals surface area contributed by atoms with Gasteiger partial charge < -0.3 is 15.2 Å². The van der Waals surface area contributed by atoms with E-state index < -0.39 is 29.3 Å². The topological polar surface area (TPSA) is 75.6 Å². The van der Waals surface area contributed by atoms with Gasteiger partial charge in [0.05, 0.1) is 0 Å². The van der Waals surface area contributed by atoms with Crippen LogP contribution in [0.15, 0.2) is 24.3 Å². The molecule has 0 aromatic heterocycles. The van der Waals surface area contributed by atoms with Crippen molar-refractivity contribution in [1.29, 1.82) is 0 Å². The molecule has 1 aromatic carbocycles. The molecule has 6 heteroatoms. The molecule has 1 aliphatic carbocycles. The molecular weight excluding hydrogens is 253 g/mol. The average Bonchev–Trinajstić information content (AvgIpc) is 3.13. The molecule has 1 amide bonds. The minimum absolute atomic E-state index is 0.351. The van der Waals surface area contributed by atoms with Crippen LogP contribution in [0, 0.1) is 5.82 Å². The number of amides is 1. The van der Waals surface area contributed by atoms with Crippen molar-refractivity contribution in [2.75, 3.05) is 0 Å². The zero-order chi connectivity index (χ0) is 14.0. The van der Waals surface area contributed by atoms with Crippen LogP contribution >= 0.6 is 0 Å². The van der Waals surface area contributed by atoms with Crippen LogP contribution in [0.3, 0.4) is 0 Å². The summed E-state index contributed by atoms with van der Waals surface area (Å²) < 4.78 is 18.0. The van der Waals surface area contributed by atoms with Gasteiger partial charge in [0.2, 0.25) is 0 Å². The van der Waals surface area contributed by atoms with E-state index in [1.807, 2.05) is 0 Å². The van der Waals surface area contributed by atoms with Crippen LogP contribution in [0.5, 0.6) is 5.75 Å². The van der Waals surface area contributed by atoms with E-state index in [-0.39, 0.29) is 0 Å². The molecule has 0 heterocycles. The van der Waals surface area contributed by atoms with Gasteiger partial charge in [-0.05, 0) is 44.0 Å². The lowest BCUT2D eigenvalue weighted by atomic mass is 10.2. The Balaban J connectivity index is 1.93. The van der Waals surface area contributed by atoms with E-state index in [2.05, 4.69) is 5.32 Å². The third kappa shape index (κ3) is 3.01. The summed E-state index contributed by atoms with van der Waals surface area (Å²) in [6.45, 7) is 1.51. The van der Waals surface area contributed by atoms with Gasteiger partial charge in [-0.3, -0.25) is 4.79 Å². The van der Waals surface area contributed by atoms with Crippen LogP contribution in [-0.4, -0.2) is 28.6 Å². The Labute approximate surface area is 109 Å². The number of hydrogen-bond donors (Lipinski definition) is 2. The molecule has 0 radical (unpaired) electrons. The van der Waals surface area contributed by atoms with E-state index in [4.69, 9.17) is 9.84 Å². The summed E-state index contributed by atoms with van der Waals surface area (Å²) in [5.41, 5.74) is -1.13. The molecule has 0 aliphatic heterocycles. The van der Waals surface area contributed by atoms with Crippen LogP contribution in [0.2, 0.25) is 0 Å². The van der Waals surface area contributed by atoms with Crippen molar-refractivity contribution < 1.29 is 23.8 Å². The number of ether oxygens (including phenoxy) is 1. The van der Waals surface area contributed by atoms with Gasteiger partial charge in [0.25, 0.3) is 5.91 Å². The number of rotatable bonds is 5. The third-order valence-electron chi connectivity index (χ3n) is 3.02. The predicted molar refractivity (Wildman–Crippen MR) is 64.2 cm³/mol. The quantitative estimate of drug-likeness (QED) is 0.843. The minimum atomic E-state index is -1.13. The first-order valence-electron chi connectivity index (χ1n) is 5.91. The average molecular weight is 267 g/mol. The molecule has 1 unspecified atom stereocenters. The van der Waals surface area contributed by atoms with Gasteiger partial charge in [-0.15, -0.1) is 0 Å². The van der Waals surface area contributed by atoms with E-state index in [0.29, 0.717) is 18.6 Å². The minimum Gasteiger partial charge on any atom is -0.481 e. The Bertz CT molecular complexity index is 496. The molecule has 1 aromatic rings. The maximum atomic E-state index is 12.7. The number of benzene rings is 1. The lowest BCUT2D eigenvalue weighted by molar-refractivity contribution is -0.144. The molecule has 0 saturated heterocycles. The third-order valence-corrected chi connectivity index (χ3v) is 3.02. The van der Waals surface area contributed by atoms with Gasteiger partial charge in [-0.25, -0.2) is 9.18 Å². The maximum Gasteiger partial charge on any atom is 0.329 e. The van der Waals surface area contributed by atoms with E-state index in [9.17, 15) is 14.0 Å². The number of carbonyl (C=O) groups is 2. The molecular formula is C13H14FNO4. The Hall–Kier alpha value is -2.11. The molecule has 1 fully saturated rings. The second-order valence-electron chi connectivity index (χ2n) is 4.59. The zero-order valence-electron chi connectivity index (χ0n) is 10.4. The first-order valence-corrected chi connectivity index (χ1v) is 5.91. The van der Waals surface area contributed by atoms with E-state index in [0.717, 1.165) is 0 Å². The van der Waals surface area contributed by atoms with Gasteiger partial charge >= 0.3 is 5.97 Å². The second kappa shape index (κ2) is 4.87. The SMILES string of the molecule is CC(Oc1ccc(F)cc1)C(=O)NC1(C(=O)O)CC1. The standard InChI is InChI=1S/C13H14FNO4/c1-8(19-10-4-2-9(14)3-5-10)11(16)15-13(6-7-13)12(17)18/h2-5,8H,6-7H2,1H3,(H,15,16)(H,17,18). The normalized spacial score (nSPS) is 17.4. The summed E-state index contributed by atoms with van der Waals surface area (Å²) >= 11 is 0. The monoisotopic (exact) mass is 267 g/mol. The lowest BCUT2D eigenvalue weighted by Crippen LogP contribution is -2.48. The number of nitrogens with one attached hydrogen (secondary N) is 1. The molecule has 102 valence electrons. The van der Waals surface area contributed by atoms with Crippen molar-refractivity contribution in [3.8, 4) is 5.75 Å². The number of carboxylic acids is 1. The molecule has 0 bridgehead atoms. The smallest absolute Gasteiger partial charge is 0.329 e. The molecule has 0 spiro atoms. The largest absolute Gasteiger partial charge is 0.481 e. The van der Waals surface area contributed by atoms with E-state index >= 15 is 0 Å². The zero-order valence-corrected chi connectivity index (χ0v) is 10.4. The van der Waals surface area contributed by atoms with E-state index in [1.54, 1.807) is 0 Å². The van der Waals surface area contributed by atoms with Crippen molar-refractivity contribution in [1.82, 2.24) is 5.32 Å². The fourth-order valence-electron chi connectivity index (χ4n) is 1.63. The van der Waals surface area contributed by atoms with Gasteiger partial charge in [0, 0.05) is 0 Å². The summed E-state index contributed by atoms with van der Waals surface area (Å²) in [7, 11) is 0. The van der Waals surface area contributed by atoms with Gasteiger partial charge in [-0.2, -0.15) is 0 Å². The van der Waals surface area contributed by atoms with Crippen molar-refractivity contribution in [3.05, 3.63) is 30.1 Å². The molecule has 19 heavy (non-hydrogen) atoms. The second-order valence-corrected chi connectivity index (χ2v) is 4.59. The van der Waals surface area contributed by atoms with Crippen molar-refractivity contribution in [2.24, 2.45) is 0 Å². The predicted octanol–water partition coefficient (Wildman–Crippen LogP) is 1.33. The van der Waals surface area contributed by atoms with Crippen molar-refractivity contribution >= 4 is 11.9 Å². The molecule has 2 N–H and O–H groups in total. The number of carbonyl (C=O) groups excluding carboxylic acids is 1. The fraction of sp³-hybridized carbons (Fsp3) is 0.385. The highest BCUT2D eigenvalue weighted by molar-refractivity contribution is 5.91. The summed E-state index contributed by atoms with van der Waals surface area (Å²) in [4.78, 5) is 22.7. The van der Waals surface area contributed by atoms with Crippen molar-refractivity contribution in [3.63, 3.8) is 0 Å². The van der Waals surface area contributed by atoms with Gasteiger partial charge in [0.15, 0.2) is 6.10 Å². The highest BCUT2D eigenvalue weighted by Gasteiger charge is 2.52. The maximum absolute atomic E-state index is 12.7. The number of hydrogen-bond acceptors (Lipinski definition) is 3. The number of halogens is 1. The summed E-state index contributed by atoms with van der Waals surface area (Å²) in [5.74, 6) is -1.57. The van der Waals surface area contributed by atoms with Crippen LogP contribution in [0.1, 0.15) is 19.8 Å². The highest BCUT2D eigenvalue weighted by Crippen LogP contribution is 2.35. The Morgan fingerprint density at radius 1 is 1.37 bits per heavy atom. The van der Waals surface area contributed by atoms with Crippen LogP contribution in [0.25, 0.3) is 0 Å². The first-order chi connectivity index (χ1) is 8.93. The van der Waals surface area contributed by atoms with Gasteiger partial charge in [0.1, 0.15) is 17.1 Å². The van der Waals surface area contributed by atoms with Crippen LogP contribution in [-0.2, 0) is 9.59 Å². The van der Waals surface area contributed by atoms with Crippen LogP contribution in [0.4, 0.5) is 4.39 Å². The first kappa shape index (κ1) is 13.3. The van der Waals surface area contributed by atoms with Gasteiger partial charge in [-0.1, -0.05) is 0 Å². The molecule has 1 atom stereocenters. The molecule has 2 rings (SSSR count).